The van der Waals surface area contributed by atoms with Crippen LogP contribution in [0, 0.1) is 0 Å². The van der Waals surface area contributed by atoms with Crippen LogP contribution in [0.15, 0.2) is 17.5 Å². The summed E-state index contributed by atoms with van der Waals surface area (Å²) in [5.74, 6) is 0. The Bertz CT molecular complexity index is 236. The topological polar surface area (TPSA) is 38.0 Å². The van der Waals surface area contributed by atoms with Gasteiger partial charge in [-0.2, -0.15) is 0 Å². The van der Waals surface area contributed by atoms with E-state index in [1.807, 2.05) is 7.05 Å². The summed E-state index contributed by atoms with van der Waals surface area (Å²) < 4.78 is 0. The summed E-state index contributed by atoms with van der Waals surface area (Å²) in [6, 6.07) is 4.62. The summed E-state index contributed by atoms with van der Waals surface area (Å²) in [7, 11) is 1.98. The van der Waals surface area contributed by atoms with E-state index in [0.29, 0.717) is 6.04 Å². The molecule has 0 radical (unpaired) electrons. The van der Waals surface area contributed by atoms with Gasteiger partial charge in [-0.1, -0.05) is 6.07 Å². The number of rotatable bonds is 4. The second-order valence-corrected chi connectivity index (χ2v) is 5.03. The van der Waals surface area contributed by atoms with E-state index in [4.69, 9.17) is 5.73 Å². The van der Waals surface area contributed by atoms with Crippen LogP contribution < -0.4 is 11.1 Å². The Morgan fingerprint density at radius 3 is 2.69 bits per heavy atom. The molecule has 1 atom stereocenters. The predicted molar refractivity (Wildman–Crippen MR) is 59.0 cm³/mol. The minimum Gasteiger partial charge on any atom is -0.325 e. The lowest BCUT2D eigenvalue weighted by molar-refractivity contribution is 0.399. The molecule has 3 heteroatoms. The number of hydrogen-bond acceptors (Lipinski definition) is 3. The molecule has 13 heavy (non-hydrogen) atoms. The van der Waals surface area contributed by atoms with Gasteiger partial charge in [-0.3, -0.25) is 0 Å². The zero-order chi connectivity index (χ0) is 9.90. The molecule has 1 rings (SSSR count). The predicted octanol–water partition coefficient (Wildman–Crippen LogP) is 2.14. The first kappa shape index (κ1) is 10.7. The Kier molecular flexibility index (Phi) is 3.47. The van der Waals surface area contributed by atoms with Crippen molar-refractivity contribution in [3.63, 3.8) is 0 Å². The van der Waals surface area contributed by atoms with Crippen molar-refractivity contribution in [2.75, 3.05) is 7.05 Å². The first-order valence-corrected chi connectivity index (χ1v) is 5.40. The molecule has 3 N–H and O–H groups in total. The van der Waals surface area contributed by atoms with Crippen LogP contribution in [0.25, 0.3) is 0 Å². The second-order valence-electron chi connectivity index (χ2n) is 4.05. The number of hydrogen-bond donors (Lipinski definition) is 2. The summed E-state index contributed by atoms with van der Waals surface area (Å²) in [5.41, 5.74) is 5.87. The van der Waals surface area contributed by atoms with Crippen molar-refractivity contribution in [2.45, 2.75) is 31.8 Å². The first-order chi connectivity index (χ1) is 6.03. The highest BCUT2D eigenvalue weighted by Crippen LogP contribution is 2.25. The van der Waals surface area contributed by atoms with Crippen molar-refractivity contribution >= 4 is 11.3 Å². The molecule has 0 saturated carbocycles. The average Bonchev–Trinajstić information content (AvgIpc) is 2.50. The molecule has 0 aliphatic heterocycles. The Balaban J connectivity index is 2.64. The number of thiophene rings is 1. The van der Waals surface area contributed by atoms with Crippen molar-refractivity contribution in [3.8, 4) is 0 Å². The molecule has 74 valence electrons. The van der Waals surface area contributed by atoms with Crippen LogP contribution >= 0.6 is 11.3 Å². The molecule has 1 unspecified atom stereocenters. The van der Waals surface area contributed by atoms with Gasteiger partial charge in [0.1, 0.15) is 0 Å². The van der Waals surface area contributed by atoms with Crippen molar-refractivity contribution in [2.24, 2.45) is 5.73 Å². The average molecular weight is 198 g/mol. The van der Waals surface area contributed by atoms with Crippen LogP contribution in [0.2, 0.25) is 0 Å². The van der Waals surface area contributed by atoms with E-state index in [-0.39, 0.29) is 5.54 Å². The molecular formula is C10H18N2S. The van der Waals surface area contributed by atoms with Gasteiger partial charge < -0.3 is 11.1 Å². The molecule has 1 aromatic heterocycles. The summed E-state index contributed by atoms with van der Waals surface area (Å²) in [4.78, 5) is 1.36. The van der Waals surface area contributed by atoms with Crippen LogP contribution in [0.1, 0.15) is 31.2 Å². The molecular weight excluding hydrogens is 180 g/mol. The molecule has 1 heterocycles. The maximum atomic E-state index is 5.98. The quantitative estimate of drug-likeness (QED) is 0.778. The Morgan fingerprint density at radius 1 is 1.62 bits per heavy atom. The maximum Gasteiger partial charge on any atom is 0.0429 e. The van der Waals surface area contributed by atoms with Crippen molar-refractivity contribution in [3.05, 3.63) is 22.4 Å². The van der Waals surface area contributed by atoms with Crippen LogP contribution in [0.3, 0.4) is 0 Å². The lowest BCUT2D eigenvalue weighted by Crippen LogP contribution is -2.36. The molecule has 0 aliphatic rings. The SMILES string of the molecule is CNC(CC(C)(C)N)c1cccs1. The van der Waals surface area contributed by atoms with Gasteiger partial charge in [0.05, 0.1) is 0 Å². The van der Waals surface area contributed by atoms with Gasteiger partial charge >= 0.3 is 0 Å². The van der Waals surface area contributed by atoms with Crippen LogP contribution in [0.5, 0.6) is 0 Å². The highest BCUT2D eigenvalue weighted by Gasteiger charge is 2.19. The Hall–Kier alpha value is -0.380. The van der Waals surface area contributed by atoms with Crippen molar-refractivity contribution in [1.82, 2.24) is 5.32 Å². The van der Waals surface area contributed by atoms with Gasteiger partial charge in [0.25, 0.3) is 0 Å². The van der Waals surface area contributed by atoms with Crippen LogP contribution in [-0.2, 0) is 0 Å². The molecule has 0 fully saturated rings. The third-order valence-corrected chi connectivity index (χ3v) is 2.95. The normalized spacial score (nSPS) is 14.5. The van der Waals surface area contributed by atoms with Gasteiger partial charge in [0.15, 0.2) is 0 Å². The van der Waals surface area contributed by atoms with Gasteiger partial charge in [0.2, 0.25) is 0 Å². The third-order valence-electron chi connectivity index (χ3n) is 1.97. The maximum absolute atomic E-state index is 5.98. The Morgan fingerprint density at radius 2 is 2.31 bits per heavy atom. The van der Waals surface area contributed by atoms with E-state index < -0.39 is 0 Å². The van der Waals surface area contributed by atoms with E-state index in [1.54, 1.807) is 11.3 Å². The first-order valence-electron chi connectivity index (χ1n) is 4.52. The molecule has 0 amide bonds. The van der Waals surface area contributed by atoms with E-state index in [9.17, 15) is 0 Å². The molecule has 0 aromatic carbocycles. The molecule has 0 bridgehead atoms. The monoisotopic (exact) mass is 198 g/mol. The van der Waals surface area contributed by atoms with Crippen molar-refractivity contribution < 1.29 is 0 Å². The van der Waals surface area contributed by atoms with Gasteiger partial charge in [0, 0.05) is 16.5 Å². The van der Waals surface area contributed by atoms with E-state index in [2.05, 4.69) is 36.7 Å². The van der Waals surface area contributed by atoms with Crippen LogP contribution in [-0.4, -0.2) is 12.6 Å². The summed E-state index contributed by atoms with van der Waals surface area (Å²) in [5, 5.41) is 5.39. The molecule has 0 spiro atoms. The fourth-order valence-electron chi connectivity index (χ4n) is 1.36. The smallest absolute Gasteiger partial charge is 0.0429 e. The fraction of sp³-hybridized carbons (Fsp3) is 0.600. The summed E-state index contributed by atoms with van der Waals surface area (Å²) >= 11 is 1.78. The standard InChI is InChI=1S/C10H18N2S/c1-10(2,11)7-8(12-3)9-5-4-6-13-9/h4-6,8,12H,7,11H2,1-3H3. The lowest BCUT2D eigenvalue weighted by atomic mass is 9.96. The number of nitrogens with one attached hydrogen (secondary N) is 1. The van der Waals surface area contributed by atoms with Gasteiger partial charge in [-0.15, -0.1) is 11.3 Å². The van der Waals surface area contributed by atoms with Gasteiger partial charge in [-0.25, -0.2) is 0 Å². The van der Waals surface area contributed by atoms with E-state index in [0.717, 1.165) is 6.42 Å². The highest BCUT2D eigenvalue weighted by atomic mass is 32.1. The van der Waals surface area contributed by atoms with E-state index >= 15 is 0 Å². The summed E-state index contributed by atoms with van der Waals surface area (Å²) in [6.07, 6.45) is 0.962. The fourth-order valence-corrected chi connectivity index (χ4v) is 2.20. The third kappa shape index (κ3) is 3.46. The number of nitrogens with two attached hydrogens (primary N) is 1. The molecule has 1 aromatic rings. The van der Waals surface area contributed by atoms with E-state index in [1.165, 1.54) is 4.88 Å². The zero-order valence-electron chi connectivity index (χ0n) is 8.50. The Labute approximate surface area is 84.2 Å². The van der Waals surface area contributed by atoms with Crippen molar-refractivity contribution in [1.29, 1.82) is 0 Å². The zero-order valence-corrected chi connectivity index (χ0v) is 9.32. The van der Waals surface area contributed by atoms with Crippen LogP contribution in [0.4, 0.5) is 0 Å². The molecule has 0 saturated heterocycles. The minimum atomic E-state index is -0.113. The second kappa shape index (κ2) is 4.22. The van der Waals surface area contributed by atoms with Gasteiger partial charge in [-0.05, 0) is 38.8 Å². The lowest BCUT2D eigenvalue weighted by Gasteiger charge is -2.24. The molecule has 0 aliphatic carbocycles. The highest BCUT2D eigenvalue weighted by molar-refractivity contribution is 7.10. The minimum absolute atomic E-state index is 0.113. The largest absolute Gasteiger partial charge is 0.325 e. The summed E-state index contributed by atoms with van der Waals surface area (Å²) in [6.45, 7) is 4.12. The molecule has 2 nitrogen and oxygen atoms in total.